The van der Waals surface area contributed by atoms with Crippen molar-refractivity contribution in [3.8, 4) is 5.75 Å². The van der Waals surface area contributed by atoms with Crippen LogP contribution in [0.3, 0.4) is 0 Å². The number of nitro groups is 1. The molecular weight excluding hydrogens is 492 g/mol. The van der Waals surface area contributed by atoms with Crippen LogP contribution in [0.15, 0.2) is 65.3 Å². The topological polar surface area (TPSA) is 161 Å². The van der Waals surface area contributed by atoms with Gasteiger partial charge in [-0.15, -0.1) is 0 Å². The number of rotatable bonds is 9. The molecule has 38 heavy (non-hydrogen) atoms. The molecule has 1 aliphatic carbocycles. The molecule has 0 bridgehead atoms. The number of aromatic hydroxyl groups is 1. The summed E-state index contributed by atoms with van der Waals surface area (Å²) in [4.78, 5) is 38.3. The summed E-state index contributed by atoms with van der Waals surface area (Å²) in [5, 5.41) is 52.8. The quantitative estimate of drug-likeness (QED) is 0.169. The fourth-order valence-corrected chi connectivity index (χ4v) is 5.57. The first kappa shape index (κ1) is 27.2. The Morgan fingerprint density at radius 3 is 2.55 bits per heavy atom. The third kappa shape index (κ3) is 5.10. The highest BCUT2D eigenvalue weighted by Gasteiger charge is 2.55. The van der Waals surface area contributed by atoms with Gasteiger partial charge < -0.3 is 20.4 Å². The number of phenols is 1. The number of non-ortho nitro benzene ring substituents is 1. The highest BCUT2D eigenvalue weighted by molar-refractivity contribution is 6.22. The van der Waals surface area contributed by atoms with Gasteiger partial charge in [-0.2, -0.15) is 0 Å². The molecule has 0 saturated carbocycles. The number of hydrogen-bond acceptors (Lipinski definition) is 8. The summed E-state index contributed by atoms with van der Waals surface area (Å²) in [5.74, 6) is -3.75. The maximum atomic E-state index is 13.5. The predicted molar refractivity (Wildman–Crippen MR) is 139 cm³/mol. The maximum absolute atomic E-state index is 13.5. The number of imide groups is 1. The van der Waals surface area contributed by atoms with Crippen LogP contribution in [0.5, 0.6) is 5.75 Å². The van der Waals surface area contributed by atoms with Gasteiger partial charge in [0.15, 0.2) is 0 Å². The van der Waals surface area contributed by atoms with Crippen LogP contribution in [0.25, 0.3) is 6.08 Å². The van der Waals surface area contributed by atoms with E-state index in [9.17, 15) is 40.1 Å². The van der Waals surface area contributed by atoms with Gasteiger partial charge in [0.2, 0.25) is 11.8 Å². The number of carbonyl (C=O) groups is 2. The van der Waals surface area contributed by atoms with Crippen molar-refractivity contribution in [2.45, 2.75) is 32.3 Å². The first-order valence-corrected chi connectivity index (χ1v) is 12.4. The van der Waals surface area contributed by atoms with Gasteiger partial charge >= 0.3 is 0 Å². The van der Waals surface area contributed by atoms with Crippen LogP contribution in [0.2, 0.25) is 0 Å². The molecule has 4 N–H and O–H groups in total. The maximum Gasteiger partial charge on any atom is 0.271 e. The van der Waals surface area contributed by atoms with Gasteiger partial charge in [-0.1, -0.05) is 35.9 Å². The summed E-state index contributed by atoms with van der Waals surface area (Å²) in [6, 6.07) is 12.1. The third-order valence-corrected chi connectivity index (χ3v) is 7.38. The Labute approximate surface area is 219 Å². The van der Waals surface area contributed by atoms with Gasteiger partial charge in [0.1, 0.15) is 5.75 Å². The van der Waals surface area contributed by atoms with E-state index in [-0.39, 0.29) is 30.0 Å². The molecule has 0 spiro atoms. The minimum atomic E-state index is -1.09. The van der Waals surface area contributed by atoms with E-state index in [1.54, 1.807) is 30.3 Å². The fraction of sp³-hybridized carbons (Fsp3) is 0.357. The number of hydrogen-bond donors (Lipinski definition) is 4. The molecule has 200 valence electrons. The van der Waals surface area contributed by atoms with Crippen LogP contribution in [-0.2, 0) is 9.59 Å². The number of para-hydroxylation sites is 1. The zero-order valence-corrected chi connectivity index (χ0v) is 20.9. The molecule has 2 aliphatic rings. The van der Waals surface area contributed by atoms with Gasteiger partial charge in [0.25, 0.3) is 5.69 Å². The van der Waals surface area contributed by atoms with Crippen molar-refractivity contribution in [3.63, 3.8) is 0 Å². The summed E-state index contributed by atoms with van der Waals surface area (Å²) in [6.45, 7) is 0.889. The number of amides is 2. The van der Waals surface area contributed by atoms with Crippen molar-refractivity contribution >= 4 is 29.3 Å². The Hall–Kier alpha value is -3.86. The molecule has 1 fully saturated rings. The summed E-state index contributed by atoms with van der Waals surface area (Å²) >= 11 is 0. The standard InChI is InChI=1S/C28H30N2O8/c1-16(11-17-5-2-3-8-23(17)33)9-10-24(34)25-18(14-31)12-21-26(22(25)15-32)28(36)29(27(21)35)19-6-4-7-20(13-19)30(37)38/h2-8,11,13,21-22,24,26,31-34H,9-10,12,14-15H2,1H3/b16-11+/t21-,22+,24-,26-/m1/s1. The highest BCUT2D eigenvalue weighted by Crippen LogP contribution is 2.47. The predicted octanol–water partition coefficient (Wildman–Crippen LogP) is 2.95. The van der Waals surface area contributed by atoms with E-state index in [1.807, 2.05) is 6.92 Å². The van der Waals surface area contributed by atoms with E-state index in [0.29, 0.717) is 23.1 Å². The summed E-state index contributed by atoms with van der Waals surface area (Å²) in [6.07, 6.45) is 1.43. The third-order valence-electron chi connectivity index (χ3n) is 7.38. The highest BCUT2D eigenvalue weighted by atomic mass is 16.6. The van der Waals surface area contributed by atoms with Gasteiger partial charge in [0.05, 0.1) is 41.8 Å². The van der Waals surface area contributed by atoms with E-state index in [4.69, 9.17) is 0 Å². The Morgan fingerprint density at radius 1 is 1.16 bits per heavy atom. The van der Waals surface area contributed by atoms with Crippen LogP contribution in [0, 0.1) is 27.9 Å². The number of carbonyl (C=O) groups excluding carboxylic acids is 2. The molecule has 2 aromatic carbocycles. The molecule has 0 radical (unpaired) electrons. The first-order valence-electron chi connectivity index (χ1n) is 12.4. The molecule has 4 rings (SSSR count). The van der Waals surface area contributed by atoms with Crippen molar-refractivity contribution in [3.05, 3.63) is 80.9 Å². The number of anilines is 1. The van der Waals surface area contributed by atoms with Crippen LogP contribution >= 0.6 is 0 Å². The first-order chi connectivity index (χ1) is 18.2. The fourth-order valence-electron chi connectivity index (χ4n) is 5.57. The smallest absolute Gasteiger partial charge is 0.271 e. The van der Waals surface area contributed by atoms with E-state index in [2.05, 4.69) is 0 Å². The Bertz CT molecular complexity index is 1320. The normalized spacial score (nSPS) is 22.6. The molecule has 2 amide bonds. The number of phenolic OH excluding ortho intramolecular Hbond substituents is 1. The minimum Gasteiger partial charge on any atom is -0.507 e. The number of aliphatic hydroxyl groups excluding tert-OH is 3. The number of aliphatic hydroxyl groups is 3. The van der Waals surface area contributed by atoms with Crippen LogP contribution < -0.4 is 4.90 Å². The number of nitro benzene ring substituents is 1. The number of nitrogens with zero attached hydrogens (tertiary/aromatic N) is 2. The number of fused-ring (bicyclic) bond motifs is 1. The largest absolute Gasteiger partial charge is 0.507 e. The lowest BCUT2D eigenvalue weighted by atomic mass is 9.68. The number of benzene rings is 2. The molecule has 2 aromatic rings. The van der Waals surface area contributed by atoms with Crippen LogP contribution in [0.4, 0.5) is 11.4 Å². The second-order valence-corrected chi connectivity index (χ2v) is 9.74. The van der Waals surface area contributed by atoms with Crippen LogP contribution in [-0.4, -0.2) is 56.5 Å². The lowest BCUT2D eigenvalue weighted by Gasteiger charge is -2.36. The molecule has 4 atom stereocenters. The zero-order valence-electron chi connectivity index (χ0n) is 20.9. The lowest BCUT2D eigenvalue weighted by molar-refractivity contribution is -0.384. The second kappa shape index (κ2) is 11.3. The van der Waals surface area contributed by atoms with Gasteiger partial charge in [-0.25, -0.2) is 4.90 Å². The Balaban J connectivity index is 1.59. The number of allylic oxidation sites excluding steroid dienone is 1. The van der Waals surface area contributed by atoms with Gasteiger partial charge in [-0.05, 0) is 49.5 Å². The minimum absolute atomic E-state index is 0.0345. The molecular formula is C28H30N2O8. The zero-order chi connectivity index (χ0) is 27.6. The molecule has 10 nitrogen and oxygen atoms in total. The molecule has 10 heteroatoms. The van der Waals surface area contributed by atoms with Crippen molar-refractivity contribution in [1.29, 1.82) is 0 Å². The molecule has 0 unspecified atom stereocenters. The lowest BCUT2D eigenvalue weighted by Crippen LogP contribution is -2.39. The van der Waals surface area contributed by atoms with E-state index >= 15 is 0 Å². The summed E-state index contributed by atoms with van der Waals surface area (Å²) in [7, 11) is 0. The molecule has 1 saturated heterocycles. The van der Waals surface area contributed by atoms with E-state index in [0.717, 1.165) is 16.5 Å². The SMILES string of the molecule is C/C(=C\c1ccccc1O)CC[C@@H](O)C1=C(CO)C[C@H]2C(=O)N(c3cccc([N+](=O)[O-])c3)C(=O)[C@H]2[C@H]1CO. The van der Waals surface area contributed by atoms with Crippen molar-refractivity contribution in [2.75, 3.05) is 18.1 Å². The van der Waals surface area contributed by atoms with Gasteiger partial charge in [-0.3, -0.25) is 19.7 Å². The Kier molecular flexibility index (Phi) is 8.05. The monoisotopic (exact) mass is 522 g/mol. The average molecular weight is 523 g/mol. The average Bonchev–Trinajstić information content (AvgIpc) is 3.16. The van der Waals surface area contributed by atoms with Crippen molar-refractivity contribution < 1.29 is 34.9 Å². The van der Waals surface area contributed by atoms with E-state index in [1.165, 1.54) is 18.2 Å². The summed E-state index contributed by atoms with van der Waals surface area (Å²) < 4.78 is 0. The van der Waals surface area contributed by atoms with E-state index < -0.39 is 53.8 Å². The van der Waals surface area contributed by atoms with Gasteiger partial charge in [0, 0.05) is 23.6 Å². The molecule has 0 aromatic heterocycles. The van der Waals surface area contributed by atoms with Crippen molar-refractivity contribution in [1.82, 2.24) is 0 Å². The molecule has 1 heterocycles. The Morgan fingerprint density at radius 2 is 1.89 bits per heavy atom. The second-order valence-electron chi connectivity index (χ2n) is 9.74. The molecule has 1 aliphatic heterocycles. The summed E-state index contributed by atoms with van der Waals surface area (Å²) in [5.41, 5.74) is 2.08. The van der Waals surface area contributed by atoms with Crippen molar-refractivity contribution in [2.24, 2.45) is 17.8 Å². The van der Waals surface area contributed by atoms with Crippen LogP contribution in [0.1, 0.15) is 31.7 Å².